The molecule has 0 saturated heterocycles. The number of alkyl halides is 1. The van der Waals surface area contributed by atoms with Crippen LogP contribution < -0.4 is 0 Å². The van der Waals surface area contributed by atoms with Crippen molar-refractivity contribution < 1.29 is 9.31 Å². The highest BCUT2D eigenvalue weighted by atomic mass is 35.5. The van der Waals surface area contributed by atoms with E-state index in [1.807, 2.05) is 0 Å². The van der Waals surface area contributed by atoms with Crippen molar-refractivity contribution in [3.8, 4) is 0 Å². The van der Waals surface area contributed by atoms with Gasteiger partial charge in [0.25, 0.3) is 5.69 Å². The highest BCUT2D eigenvalue weighted by Gasteiger charge is 2.12. The predicted molar refractivity (Wildman–Crippen MR) is 76.8 cm³/mol. The number of halogens is 3. The van der Waals surface area contributed by atoms with Crippen LogP contribution in [0.3, 0.4) is 0 Å². The molecule has 2 rings (SSSR count). The maximum Gasteiger partial charge on any atom is 0.269 e. The smallest absolute Gasteiger partial charge is 0.258 e. The Balaban J connectivity index is 2.12. The second-order valence-corrected chi connectivity index (χ2v) is 5.20. The fourth-order valence-electron chi connectivity index (χ4n) is 1.79. The summed E-state index contributed by atoms with van der Waals surface area (Å²) in [5.41, 5.74) is 1.48. The van der Waals surface area contributed by atoms with Crippen molar-refractivity contribution >= 4 is 28.9 Å². The van der Waals surface area contributed by atoms with Gasteiger partial charge in [-0.15, -0.1) is 11.6 Å². The molecule has 1 atom stereocenters. The number of nitrogens with zero attached hydrogens (tertiary/aromatic N) is 1. The van der Waals surface area contributed by atoms with Crippen LogP contribution in [0.2, 0.25) is 5.02 Å². The van der Waals surface area contributed by atoms with E-state index in [2.05, 4.69) is 0 Å². The molecule has 20 heavy (non-hydrogen) atoms. The third-order valence-electron chi connectivity index (χ3n) is 2.87. The van der Waals surface area contributed by atoms with E-state index in [0.29, 0.717) is 12.0 Å². The standard InChI is InChI=1S/C14H10Cl2FNO2/c15-12-6-3-10(8-14(12)17)13(16)7-9-1-4-11(5-2-9)18(19)20/h1-6,8,13H,7H2. The van der Waals surface area contributed by atoms with Crippen LogP contribution in [0.5, 0.6) is 0 Å². The first-order chi connectivity index (χ1) is 9.47. The molecule has 2 aromatic carbocycles. The zero-order chi connectivity index (χ0) is 14.7. The Morgan fingerprint density at radius 2 is 1.85 bits per heavy atom. The van der Waals surface area contributed by atoms with Gasteiger partial charge in [-0.3, -0.25) is 10.1 Å². The molecule has 0 aliphatic heterocycles. The molecule has 0 radical (unpaired) electrons. The Morgan fingerprint density at radius 3 is 2.40 bits per heavy atom. The monoisotopic (exact) mass is 313 g/mol. The van der Waals surface area contributed by atoms with Crippen LogP contribution in [0.15, 0.2) is 42.5 Å². The van der Waals surface area contributed by atoms with Gasteiger partial charge in [-0.2, -0.15) is 0 Å². The summed E-state index contributed by atoms with van der Waals surface area (Å²) in [6, 6.07) is 10.5. The minimum Gasteiger partial charge on any atom is -0.258 e. The highest BCUT2D eigenvalue weighted by Crippen LogP contribution is 2.28. The van der Waals surface area contributed by atoms with Crippen molar-refractivity contribution in [3.63, 3.8) is 0 Å². The largest absolute Gasteiger partial charge is 0.269 e. The van der Waals surface area contributed by atoms with Gasteiger partial charge in [0.15, 0.2) is 0 Å². The number of nitro benzene ring substituents is 1. The summed E-state index contributed by atoms with van der Waals surface area (Å²) in [5.74, 6) is -0.515. The SMILES string of the molecule is O=[N+]([O-])c1ccc(CC(Cl)c2ccc(Cl)c(F)c2)cc1. The van der Waals surface area contributed by atoms with Crippen molar-refractivity contribution in [2.24, 2.45) is 0 Å². The molecule has 0 aliphatic rings. The molecule has 6 heteroatoms. The van der Waals surface area contributed by atoms with Crippen molar-refractivity contribution in [2.45, 2.75) is 11.8 Å². The van der Waals surface area contributed by atoms with E-state index in [4.69, 9.17) is 23.2 Å². The van der Waals surface area contributed by atoms with Crippen molar-refractivity contribution in [3.05, 3.63) is 74.5 Å². The first-order valence-electron chi connectivity index (χ1n) is 5.79. The molecular weight excluding hydrogens is 304 g/mol. The van der Waals surface area contributed by atoms with Gasteiger partial charge in [0.05, 0.1) is 15.3 Å². The predicted octanol–water partition coefficient (Wildman–Crippen LogP) is 4.91. The van der Waals surface area contributed by atoms with E-state index in [1.54, 1.807) is 18.2 Å². The summed E-state index contributed by atoms with van der Waals surface area (Å²) < 4.78 is 13.4. The summed E-state index contributed by atoms with van der Waals surface area (Å²) in [4.78, 5) is 10.1. The molecule has 0 N–H and O–H groups in total. The Morgan fingerprint density at radius 1 is 1.20 bits per heavy atom. The highest BCUT2D eigenvalue weighted by molar-refractivity contribution is 6.30. The van der Waals surface area contributed by atoms with E-state index >= 15 is 0 Å². The van der Waals surface area contributed by atoms with Gasteiger partial charge in [-0.1, -0.05) is 29.8 Å². The average molecular weight is 314 g/mol. The maximum atomic E-state index is 13.4. The van der Waals surface area contributed by atoms with Crippen LogP contribution in [0.4, 0.5) is 10.1 Å². The van der Waals surface area contributed by atoms with Crippen LogP contribution in [0.1, 0.15) is 16.5 Å². The van der Waals surface area contributed by atoms with E-state index in [1.165, 1.54) is 24.3 Å². The topological polar surface area (TPSA) is 43.1 Å². The van der Waals surface area contributed by atoms with E-state index in [0.717, 1.165) is 5.56 Å². The number of hydrogen-bond acceptors (Lipinski definition) is 2. The Bertz CT molecular complexity index is 632. The number of non-ortho nitro benzene ring substituents is 1. The van der Waals surface area contributed by atoms with Crippen LogP contribution in [0, 0.1) is 15.9 Å². The average Bonchev–Trinajstić information content (AvgIpc) is 2.42. The molecule has 0 aromatic heterocycles. The minimum absolute atomic E-state index is 0.0254. The molecule has 0 spiro atoms. The molecule has 0 aliphatic carbocycles. The molecular formula is C14H10Cl2FNO2. The van der Waals surface area contributed by atoms with Crippen molar-refractivity contribution in [1.29, 1.82) is 0 Å². The Kier molecular flexibility index (Phi) is 4.57. The molecule has 1 unspecified atom stereocenters. The first kappa shape index (κ1) is 14.8. The molecule has 0 amide bonds. The summed E-state index contributed by atoms with van der Waals surface area (Å²) >= 11 is 11.8. The van der Waals surface area contributed by atoms with Crippen LogP contribution in [-0.2, 0) is 6.42 Å². The zero-order valence-electron chi connectivity index (χ0n) is 10.2. The van der Waals surface area contributed by atoms with Gasteiger partial charge in [-0.05, 0) is 29.7 Å². The number of nitro groups is 1. The van der Waals surface area contributed by atoms with Gasteiger partial charge in [0.2, 0.25) is 0 Å². The lowest BCUT2D eigenvalue weighted by molar-refractivity contribution is -0.384. The maximum absolute atomic E-state index is 13.4. The summed E-state index contributed by atoms with van der Waals surface area (Å²) in [5, 5.41) is 10.2. The van der Waals surface area contributed by atoms with Crippen LogP contribution >= 0.6 is 23.2 Å². The Labute approximate surface area is 125 Å². The summed E-state index contributed by atoms with van der Waals surface area (Å²) in [7, 11) is 0. The lowest BCUT2D eigenvalue weighted by Gasteiger charge is -2.10. The Hall–Kier alpha value is -1.65. The van der Waals surface area contributed by atoms with Crippen molar-refractivity contribution in [1.82, 2.24) is 0 Å². The molecule has 104 valence electrons. The third-order valence-corrected chi connectivity index (χ3v) is 3.58. The number of rotatable bonds is 4. The van der Waals surface area contributed by atoms with Gasteiger partial charge in [0.1, 0.15) is 5.82 Å². The van der Waals surface area contributed by atoms with Crippen LogP contribution in [0.25, 0.3) is 0 Å². The fourth-order valence-corrected chi connectivity index (χ4v) is 2.22. The van der Waals surface area contributed by atoms with E-state index in [-0.39, 0.29) is 10.7 Å². The third kappa shape index (κ3) is 3.46. The summed E-state index contributed by atoms with van der Waals surface area (Å²) in [6.45, 7) is 0. The molecule has 2 aromatic rings. The molecule has 0 fully saturated rings. The van der Waals surface area contributed by atoms with Gasteiger partial charge in [-0.25, -0.2) is 4.39 Å². The van der Waals surface area contributed by atoms with E-state index in [9.17, 15) is 14.5 Å². The minimum atomic E-state index is -0.515. The number of benzene rings is 2. The molecule has 0 bridgehead atoms. The molecule has 3 nitrogen and oxygen atoms in total. The normalized spacial score (nSPS) is 12.2. The zero-order valence-corrected chi connectivity index (χ0v) is 11.7. The van der Waals surface area contributed by atoms with Gasteiger partial charge < -0.3 is 0 Å². The van der Waals surface area contributed by atoms with Gasteiger partial charge >= 0.3 is 0 Å². The second kappa shape index (κ2) is 6.20. The molecule has 0 heterocycles. The molecule has 0 saturated carbocycles. The first-order valence-corrected chi connectivity index (χ1v) is 6.61. The lowest BCUT2D eigenvalue weighted by Crippen LogP contribution is -1.97. The van der Waals surface area contributed by atoms with Gasteiger partial charge in [0, 0.05) is 12.1 Å². The van der Waals surface area contributed by atoms with Crippen molar-refractivity contribution in [2.75, 3.05) is 0 Å². The fraction of sp³-hybridized carbons (Fsp3) is 0.143. The lowest BCUT2D eigenvalue weighted by atomic mass is 10.0. The summed E-state index contributed by atoms with van der Waals surface area (Å²) in [6.07, 6.45) is 0.445. The van der Waals surface area contributed by atoms with Crippen LogP contribution in [-0.4, -0.2) is 4.92 Å². The van der Waals surface area contributed by atoms with E-state index < -0.39 is 16.1 Å². The second-order valence-electron chi connectivity index (χ2n) is 4.27. The number of hydrogen-bond donors (Lipinski definition) is 0. The quantitative estimate of drug-likeness (QED) is 0.457.